The zero-order valence-electron chi connectivity index (χ0n) is 16.8. The standard InChI is InChI=1S/C20H24N4O5/c1-5-12(6-2)18(25)23-13-7-8-15-14(9-13)17(22-10-21-15)24(4)11(3)16(19(26)27)20(28)29/h7-10,12H,5-6H2,1-4H3,(H,23,25)(H,26,27)(H,28,29). The first kappa shape index (κ1) is 21.8. The number of carbonyl (C=O) groups excluding carboxylic acids is 1. The Balaban J connectivity index is 2.52. The summed E-state index contributed by atoms with van der Waals surface area (Å²) in [6, 6.07) is 5.13. The highest BCUT2D eigenvalue weighted by Crippen LogP contribution is 2.28. The van der Waals surface area contributed by atoms with Crippen molar-refractivity contribution in [2.75, 3.05) is 17.3 Å². The molecular weight excluding hydrogens is 376 g/mol. The molecule has 9 nitrogen and oxygen atoms in total. The SMILES string of the molecule is CCC(CC)C(=O)Nc1ccc2ncnc(N(C)C(C)=C(C(=O)O)C(=O)O)c2c1. The molecule has 0 aliphatic rings. The molecule has 1 heterocycles. The van der Waals surface area contributed by atoms with E-state index in [1.807, 2.05) is 13.8 Å². The molecule has 9 heteroatoms. The predicted molar refractivity (Wildman–Crippen MR) is 109 cm³/mol. The number of hydrogen-bond acceptors (Lipinski definition) is 6. The van der Waals surface area contributed by atoms with Gasteiger partial charge in [0, 0.05) is 29.7 Å². The largest absolute Gasteiger partial charge is 0.477 e. The van der Waals surface area contributed by atoms with Crippen LogP contribution in [0.15, 0.2) is 35.8 Å². The van der Waals surface area contributed by atoms with Gasteiger partial charge in [0.25, 0.3) is 0 Å². The topological polar surface area (TPSA) is 133 Å². The Hall–Kier alpha value is -3.49. The van der Waals surface area contributed by atoms with Gasteiger partial charge < -0.3 is 20.4 Å². The number of carbonyl (C=O) groups is 3. The molecule has 0 bridgehead atoms. The molecule has 2 rings (SSSR count). The zero-order valence-corrected chi connectivity index (χ0v) is 16.8. The summed E-state index contributed by atoms with van der Waals surface area (Å²) in [5.74, 6) is -2.95. The maximum atomic E-state index is 12.4. The van der Waals surface area contributed by atoms with Gasteiger partial charge in [-0.2, -0.15) is 0 Å². The average molecular weight is 400 g/mol. The predicted octanol–water partition coefficient (Wildman–Crippen LogP) is 2.88. The summed E-state index contributed by atoms with van der Waals surface area (Å²) in [6.45, 7) is 5.30. The Morgan fingerprint density at radius 1 is 1.10 bits per heavy atom. The van der Waals surface area contributed by atoms with E-state index >= 15 is 0 Å². The number of amides is 1. The van der Waals surface area contributed by atoms with E-state index in [0.717, 1.165) is 12.8 Å². The maximum Gasteiger partial charge on any atom is 0.344 e. The van der Waals surface area contributed by atoms with Crippen LogP contribution in [-0.2, 0) is 14.4 Å². The van der Waals surface area contributed by atoms with Gasteiger partial charge in [-0.3, -0.25) is 4.79 Å². The van der Waals surface area contributed by atoms with Gasteiger partial charge >= 0.3 is 11.9 Å². The van der Waals surface area contributed by atoms with Gasteiger partial charge in [0.15, 0.2) is 5.57 Å². The summed E-state index contributed by atoms with van der Waals surface area (Å²) < 4.78 is 0. The number of aliphatic carboxylic acids is 2. The first-order valence-corrected chi connectivity index (χ1v) is 9.18. The lowest BCUT2D eigenvalue weighted by Crippen LogP contribution is -2.24. The third-order valence-corrected chi connectivity index (χ3v) is 4.85. The fourth-order valence-electron chi connectivity index (χ4n) is 3.02. The number of rotatable bonds is 8. The molecule has 0 saturated heterocycles. The molecule has 0 atom stereocenters. The van der Waals surface area contributed by atoms with E-state index in [9.17, 15) is 24.6 Å². The number of allylic oxidation sites excluding steroid dienone is 1. The first-order chi connectivity index (χ1) is 13.7. The molecule has 154 valence electrons. The van der Waals surface area contributed by atoms with E-state index in [0.29, 0.717) is 22.4 Å². The van der Waals surface area contributed by atoms with Crippen LogP contribution >= 0.6 is 0 Å². The quantitative estimate of drug-likeness (QED) is 0.350. The van der Waals surface area contributed by atoms with E-state index in [2.05, 4.69) is 15.3 Å². The van der Waals surface area contributed by atoms with Crippen LogP contribution in [0, 0.1) is 5.92 Å². The van der Waals surface area contributed by atoms with Crippen molar-refractivity contribution in [3.63, 3.8) is 0 Å². The van der Waals surface area contributed by atoms with E-state index < -0.39 is 17.5 Å². The summed E-state index contributed by atoms with van der Waals surface area (Å²) in [7, 11) is 1.53. The number of hydrogen-bond donors (Lipinski definition) is 3. The lowest BCUT2D eigenvalue weighted by atomic mass is 10.0. The van der Waals surface area contributed by atoms with E-state index in [1.165, 1.54) is 25.2 Å². The third kappa shape index (κ3) is 4.68. The molecule has 0 saturated carbocycles. The second-order valence-electron chi connectivity index (χ2n) is 6.56. The normalized spacial score (nSPS) is 10.7. The second kappa shape index (κ2) is 9.13. The van der Waals surface area contributed by atoms with Crippen molar-refractivity contribution in [3.8, 4) is 0 Å². The van der Waals surface area contributed by atoms with Crippen molar-refractivity contribution in [3.05, 3.63) is 35.8 Å². The highest BCUT2D eigenvalue weighted by molar-refractivity contribution is 6.13. The molecule has 29 heavy (non-hydrogen) atoms. The van der Waals surface area contributed by atoms with Crippen molar-refractivity contribution in [1.82, 2.24) is 9.97 Å². The Morgan fingerprint density at radius 3 is 2.28 bits per heavy atom. The summed E-state index contributed by atoms with van der Waals surface area (Å²) >= 11 is 0. The van der Waals surface area contributed by atoms with Gasteiger partial charge in [-0.15, -0.1) is 0 Å². The number of nitrogens with one attached hydrogen (secondary N) is 1. The van der Waals surface area contributed by atoms with Crippen LogP contribution in [-0.4, -0.2) is 45.1 Å². The minimum absolute atomic E-state index is 0.0106. The van der Waals surface area contributed by atoms with Gasteiger partial charge in [-0.25, -0.2) is 19.6 Å². The molecule has 2 aromatic rings. The van der Waals surface area contributed by atoms with Crippen LogP contribution in [0.1, 0.15) is 33.6 Å². The van der Waals surface area contributed by atoms with Gasteiger partial charge in [-0.1, -0.05) is 13.8 Å². The zero-order chi connectivity index (χ0) is 21.7. The molecule has 3 N–H and O–H groups in total. The highest BCUT2D eigenvalue weighted by atomic mass is 16.4. The number of nitrogens with zero attached hydrogens (tertiary/aromatic N) is 3. The van der Waals surface area contributed by atoms with E-state index in [-0.39, 0.29) is 17.5 Å². The molecule has 0 unspecified atom stereocenters. The van der Waals surface area contributed by atoms with Crippen molar-refractivity contribution >= 4 is 40.3 Å². The maximum absolute atomic E-state index is 12.4. The number of carboxylic acids is 2. The van der Waals surface area contributed by atoms with Gasteiger partial charge in [-0.05, 0) is 38.0 Å². The highest BCUT2D eigenvalue weighted by Gasteiger charge is 2.24. The molecular formula is C20H24N4O5. The Bertz CT molecular complexity index is 966. The van der Waals surface area contributed by atoms with Gasteiger partial charge in [0.05, 0.1) is 5.52 Å². The lowest BCUT2D eigenvalue weighted by Gasteiger charge is -2.21. The molecule has 0 aliphatic carbocycles. The smallest absolute Gasteiger partial charge is 0.344 e. The fourth-order valence-corrected chi connectivity index (χ4v) is 3.02. The minimum atomic E-state index is -1.54. The summed E-state index contributed by atoms with van der Waals surface area (Å²) in [4.78, 5) is 44.8. The van der Waals surface area contributed by atoms with Gasteiger partial charge in [0.2, 0.25) is 5.91 Å². The van der Waals surface area contributed by atoms with Crippen molar-refractivity contribution in [1.29, 1.82) is 0 Å². The van der Waals surface area contributed by atoms with E-state index in [1.54, 1.807) is 18.2 Å². The van der Waals surface area contributed by atoms with Crippen LogP contribution < -0.4 is 10.2 Å². The second-order valence-corrected chi connectivity index (χ2v) is 6.56. The molecule has 1 amide bonds. The molecule has 0 spiro atoms. The molecule has 1 aromatic carbocycles. The summed E-state index contributed by atoms with van der Waals surface area (Å²) in [5, 5.41) is 21.9. The minimum Gasteiger partial charge on any atom is -0.477 e. The van der Waals surface area contributed by atoms with Crippen LogP contribution in [0.4, 0.5) is 11.5 Å². The van der Waals surface area contributed by atoms with E-state index in [4.69, 9.17) is 0 Å². The number of aromatic nitrogens is 2. The monoisotopic (exact) mass is 400 g/mol. The molecule has 0 fully saturated rings. The number of anilines is 2. The molecule has 1 aromatic heterocycles. The van der Waals surface area contributed by atoms with Gasteiger partial charge in [0.1, 0.15) is 12.1 Å². The Labute approximate surface area is 168 Å². The Kier molecular flexibility index (Phi) is 6.87. The van der Waals surface area contributed by atoms with Crippen LogP contribution in [0.5, 0.6) is 0 Å². The summed E-state index contributed by atoms with van der Waals surface area (Å²) in [5.41, 5.74) is 0.383. The Morgan fingerprint density at radius 2 is 1.72 bits per heavy atom. The fraction of sp³-hybridized carbons (Fsp3) is 0.350. The number of fused-ring (bicyclic) bond motifs is 1. The number of benzene rings is 1. The average Bonchev–Trinajstić information content (AvgIpc) is 2.67. The van der Waals surface area contributed by atoms with Crippen LogP contribution in [0.2, 0.25) is 0 Å². The molecule has 0 radical (unpaired) electrons. The summed E-state index contributed by atoms with van der Waals surface area (Å²) in [6.07, 6.45) is 2.76. The lowest BCUT2D eigenvalue weighted by molar-refractivity contribution is -0.140. The third-order valence-electron chi connectivity index (χ3n) is 4.85. The van der Waals surface area contributed by atoms with Crippen molar-refractivity contribution in [2.45, 2.75) is 33.6 Å². The van der Waals surface area contributed by atoms with Crippen LogP contribution in [0.25, 0.3) is 10.9 Å². The first-order valence-electron chi connectivity index (χ1n) is 9.18. The van der Waals surface area contributed by atoms with Crippen LogP contribution in [0.3, 0.4) is 0 Å². The van der Waals surface area contributed by atoms with Crippen molar-refractivity contribution < 1.29 is 24.6 Å². The molecule has 0 aliphatic heterocycles. The number of carboxylic acid groups (broad SMARTS) is 2. The van der Waals surface area contributed by atoms with Crippen molar-refractivity contribution in [2.24, 2.45) is 5.92 Å².